The van der Waals surface area contributed by atoms with Gasteiger partial charge in [0.2, 0.25) is 0 Å². The van der Waals surface area contributed by atoms with Gasteiger partial charge in [-0.05, 0) is 13.3 Å². The largest absolute Gasteiger partial charge is 0.391 e. The van der Waals surface area contributed by atoms with E-state index in [9.17, 15) is 5.11 Å². The molecule has 0 spiro atoms. The highest BCUT2D eigenvalue weighted by atomic mass is 16.3. The standard InChI is InChI=1S/C9H16O2/c1-4-6-8(5-2)9(11)7(3)10/h2,7-11H,4,6H2,1,3H3. The van der Waals surface area contributed by atoms with E-state index in [-0.39, 0.29) is 5.92 Å². The monoisotopic (exact) mass is 156 g/mol. The number of hydrogen-bond acceptors (Lipinski definition) is 2. The van der Waals surface area contributed by atoms with E-state index < -0.39 is 12.2 Å². The summed E-state index contributed by atoms with van der Waals surface area (Å²) in [6.45, 7) is 3.55. The molecule has 0 saturated carbocycles. The minimum absolute atomic E-state index is 0.208. The van der Waals surface area contributed by atoms with Gasteiger partial charge in [0, 0.05) is 5.92 Å². The Morgan fingerprint density at radius 1 is 1.45 bits per heavy atom. The van der Waals surface area contributed by atoms with E-state index in [4.69, 9.17) is 11.5 Å². The molecule has 3 unspecified atom stereocenters. The number of terminal acetylenes is 1. The highest BCUT2D eigenvalue weighted by Crippen LogP contribution is 2.12. The number of rotatable bonds is 4. The van der Waals surface area contributed by atoms with E-state index in [1.165, 1.54) is 0 Å². The van der Waals surface area contributed by atoms with Gasteiger partial charge in [-0.3, -0.25) is 0 Å². The maximum Gasteiger partial charge on any atom is 0.0933 e. The van der Waals surface area contributed by atoms with Crippen LogP contribution in [0.3, 0.4) is 0 Å². The van der Waals surface area contributed by atoms with Crippen molar-refractivity contribution < 1.29 is 10.2 Å². The Bertz CT molecular complexity index is 135. The third-order valence-corrected chi connectivity index (χ3v) is 1.72. The molecule has 0 aromatic rings. The molecule has 2 nitrogen and oxygen atoms in total. The van der Waals surface area contributed by atoms with Gasteiger partial charge in [-0.15, -0.1) is 12.3 Å². The summed E-state index contributed by atoms with van der Waals surface area (Å²) >= 11 is 0. The zero-order valence-electron chi connectivity index (χ0n) is 7.12. The fraction of sp³-hybridized carbons (Fsp3) is 0.778. The Morgan fingerprint density at radius 2 is 2.00 bits per heavy atom. The lowest BCUT2D eigenvalue weighted by atomic mass is 9.95. The molecular weight excluding hydrogens is 140 g/mol. The number of aliphatic hydroxyl groups is 2. The van der Waals surface area contributed by atoms with Crippen LogP contribution in [0.15, 0.2) is 0 Å². The number of aliphatic hydroxyl groups excluding tert-OH is 2. The third kappa shape index (κ3) is 3.41. The fourth-order valence-electron chi connectivity index (χ4n) is 1.000. The Morgan fingerprint density at radius 3 is 2.27 bits per heavy atom. The van der Waals surface area contributed by atoms with E-state index in [0.29, 0.717) is 0 Å². The minimum atomic E-state index is -0.778. The summed E-state index contributed by atoms with van der Waals surface area (Å²) in [6.07, 6.45) is 5.36. The average molecular weight is 156 g/mol. The van der Waals surface area contributed by atoms with Crippen LogP contribution < -0.4 is 0 Å². The molecule has 0 aliphatic heterocycles. The first-order valence-corrected chi connectivity index (χ1v) is 3.95. The molecule has 0 aliphatic carbocycles. The van der Waals surface area contributed by atoms with Gasteiger partial charge < -0.3 is 10.2 Å². The van der Waals surface area contributed by atoms with Crippen LogP contribution in [0.2, 0.25) is 0 Å². The quantitative estimate of drug-likeness (QED) is 0.590. The molecule has 0 aromatic carbocycles. The molecule has 64 valence electrons. The van der Waals surface area contributed by atoms with Crippen molar-refractivity contribution in [1.82, 2.24) is 0 Å². The van der Waals surface area contributed by atoms with Crippen LogP contribution in [0.1, 0.15) is 26.7 Å². The first-order chi connectivity index (χ1) is 5.13. The summed E-state index contributed by atoms with van der Waals surface area (Å²) < 4.78 is 0. The van der Waals surface area contributed by atoms with Crippen molar-refractivity contribution in [3.05, 3.63) is 0 Å². The van der Waals surface area contributed by atoms with E-state index in [2.05, 4.69) is 5.92 Å². The first-order valence-electron chi connectivity index (χ1n) is 3.95. The molecular formula is C9H16O2. The molecule has 0 amide bonds. The van der Waals surface area contributed by atoms with Crippen molar-refractivity contribution in [3.8, 4) is 12.3 Å². The van der Waals surface area contributed by atoms with Crippen molar-refractivity contribution in [3.63, 3.8) is 0 Å². The van der Waals surface area contributed by atoms with Crippen LogP contribution in [0, 0.1) is 18.3 Å². The lowest BCUT2D eigenvalue weighted by molar-refractivity contribution is 0.00577. The molecule has 0 aromatic heterocycles. The molecule has 2 N–H and O–H groups in total. The summed E-state index contributed by atoms with van der Waals surface area (Å²) in [5.74, 6) is 2.27. The van der Waals surface area contributed by atoms with Gasteiger partial charge in [-0.2, -0.15) is 0 Å². The van der Waals surface area contributed by atoms with Crippen LogP contribution in [0.4, 0.5) is 0 Å². The molecule has 2 heteroatoms. The SMILES string of the molecule is C#CC(CCC)C(O)C(C)O. The minimum Gasteiger partial charge on any atom is -0.391 e. The molecule has 0 saturated heterocycles. The lowest BCUT2D eigenvalue weighted by Crippen LogP contribution is -2.30. The maximum absolute atomic E-state index is 9.32. The van der Waals surface area contributed by atoms with Crippen molar-refractivity contribution in [1.29, 1.82) is 0 Å². The Labute approximate surface area is 68.2 Å². The molecule has 3 atom stereocenters. The summed E-state index contributed by atoms with van der Waals surface area (Å²) in [7, 11) is 0. The van der Waals surface area contributed by atoms with Gasteiger partial charge in [-0.25, -0.2) is 0 Å². The van der Waals surface area contributed by atoms with E-state index in [1.807, 2.05) is 6.92 Å². The van der Waals surface area contributed by atoms with Gasteiger partial charge in [0.15, 0.2) is 0 Å². The molecule has 0 heterocycles. The highest BCUT2D eigenvalue weighted by molar-refractivity contribution is 4.97. The predicted molar refractivity (Wildman–Crippen MR) is 44.9 cm³/mol. The van der Waals surface area contributed by atoms with Crippen LogP contribution in [0.5, 0.6) is 0 Å². The zero-order chi connectivity index (χ0) is 8.85. The van der Waals surface area contributed by atoms with E-state index >= 15 is 0 Å². The predicted octanol–water partition coefficient (Wildman–Crippen LogP) is 0.778. The van der Waals surface area contributed by atoms with Gasteiger partial charge >= 0.3 is 0 Å². The van der Waals surface area contributed by atoms with Gasteiger partial charge in [0.05, 0.1) is 12.2 Å². The van der Waals surface area contributed by atoms with Crippen LogP contribution in [0.25, 0.3) is 0 Å². The second-order valence-electron chi connectivity index (χ2n) is 2.79. The molecule has 0 radical (unpaired) electrons. The van der Waals surface area contributed by atoms with Crippen molar-refractivity contribution >= 4 is 0 Å². The fourth-order valence-corrected chi connectivity index (χ4v) is 1.000. The Balaban J connectivity index is 3.94. The average Bonchev–Trinajstić information content (AvgIpc) is 1.98. The topological polar surface area (TPSA) is 40.5 Å². The second-order valence-corrected chi connectivity index (χ2v) is 2.79. The molecule has 0 rings (SSSR count). The Kier molecular flexibility index (Phi) is 4.93. The van der Waals surface area contributed by atoms with Crippen LogP contribution in [-0.4, -0.2) is 22.4 Å². The van der Waals surface area contributed by atoms with Crippen LogP contribution in [-0.2, 0) is 0 Å². The van der Waals surface area contributed by atoms with Crippen molar-refractivity contribution in [2.45, 2.75) is 38.9 Å². The summed E-state index contributed by atoms with van der Waals surface area (Å²) in [5.41, 5.74) is 0. The first kappa shape index (κ1) is 10.5. The van der Waals surface area contributed by atoms with Gasteiger partial charge in [0.1, 0.15) is 0 Å². The van der Waals surface area contributed by atoms with Gasteiger partial charge in [-0.1, -0.05) is 13.3 Å². The zero-order valence-corrected chi connectivity index (χ0v) is 7.12. The molecule has 0 fully saturated rings. The van der Waals surface area contributed by atoms with Gasteiger partial charge in [0.25, 0.3) is 0 Å². The van der Waals surface area contributed by atoms with E-state index in [1.54, 1.807) is 6.92 Å². The highest BCUT2D eigenvalue weighted by Gasteiger charge is 2.20. The molecule has 11 heavy (non-hydrogen) atoms. The summed E-state index contributed by atoms with van der Waals surface area (Å²) in [6, 6.07) is 0. The summed E-state index contributed by atoms with van der Waals surface area (Å²) in [4.78, 5) is 0. The van der Waals surface area contributed by atoms with Crippen molar-refractivity contribution in [2.24, 2.45) is 5.92 Å². The third-order valence-electron chi connectivity index (χ3n) is 1.72. The second kappa shape index (κ2) is 5.17. The molecule has 0 bridgehead atoms. The Hall–Kier alpha value is -0.520. The van der Waals surface area contributed by atoms with Crippen LogP contribution >= 0.6 is 0 Å². The maximum atomic E-state index is 9.32. The van der Waals surface area contributed by atoms with Crippen molar-refractivity contribution in [2.75, 3.05) is 0 Å². The summed E-state index contributed by atoms with van der Waals surface area (Å²) in [5, 5.41) is 18.3. The molecule has 0 aliphatic rings. The normalized spacial score (nSPS) is 18.5. The number of hydrogen-bond donors (Lipinski definition) is 2. The lowest BCUT2D eigenvalue weighted by Gasteiger charge is -2.19. The smallest absolute Gasteiger partial charge is 0.0933 e. The van der Waals surface area contributed by atoms with E-state index in [0.717, 1.165) is 12.8 Å².